The number of hydrogen-bond donors (Lipinski definition) is 2. The first kappa shape index (κ1) is 18.8. The number of H-pyrrole nitrogens is 1. The molecule has 0 saturated carbocycles. The Labute approximate surface area is 173 Å². The summed E-state index contributed by atoms with van der Waals surface area (Å²) in [5.41, 5.74) is 1.18. The van der Waals surface area contributed by atoms with E-state index in [1.165, 1.54) is 47.6 Å². The molecule has 0 amide bonds. The number of fused-ring (bicyclic) bond motifs is 2. The van der Waals surface area contributed by atoms with Crippen LogP contribution in [0.25, 0.3) is 27.8 Å². The van der Waals surface area contributed by atoms with E-state index in [0.717, 1.165) is 6.07 Å². The van der Waals surface area contributed by atoms with E-state index in [4.69, 9.17) is 0 Å². The number of halogens is 2. The minimum absolute atomic E-state index is 0.0956. The monoisotopic (exact) mass is 419 g/mol. The third kappa shape index (κ3) is 3.27. The van der Waals surface area contributed by atoms with Gasteiger partial charge in [0.25, 0.3) is 5.56 Å². The van der Waals surface area contributed by atoms with Gasteiger partial charge in [-0.15, -0.1) is 0 Å². The largest absolute Gasteiger partial charge is 0.358 e. The fraction of sp³-hybridized carbons (Fsp3) is 0.0952. The lowest BCUT2D eigenvalue weighted by molar-refractivity contribution is 0.623. The van der Waals surface area contributed by atoms with E-state index in [2.05, 4.69) is 30.2 Å². The van der Waals surface area contributed by atoms with Crippen molar-refractivity contribution in [3.63, 3.8) is 0 Å². The van der Waals surface area contributed by atoms with Gasteiger partial charge in [-0.1, -0.05) is 6.07 Å². The molecule has 5 aromatic rings. The molecule has 0 saturated heterocycles. The second-order valence-corrected chi connectivity index (χ2v) is 6.94. The summed E-state index contributed by atoms with van der Waals surface area (Å²) in [4.78, 5) is 33.3. The third-order valence-corrected chi connectivity index (χ3v) is 4.89. The smallest absolute Gasteiger partial charge is 0.266 e. The highest BCUT2D eigenvalue weighted by molar-refractivity contribution is 5.82. The summed E-state index contributed by atoms with van der Waals surface area (Å²) in [6, 6.07) is 8.85. The second-order valence-electron chi connectivity index (χ2n) is 6.94. The molecule has 2 aromatic carbocycles. The molecule has 0 unspecified atom stereocenters. The van der Waals surface area contributed by atoms with Crippen molar-refractivity contribution < 1.29 is 8.78 Å². The highest BCUT2D eigenvalue weighted by Crippen LogP contribution is 2.24. The maximum atomic E-state index is 13.9. The molecular weight excluding hydrogens is 404 g/mol. The van der Waals surface area contributed by atoms with Crippen LogP contribution in [0.3, 0.4) is 0 Å². The molecule has 5 rings (SSSR count). The zero-order valence-corrected chi connectivity index (χ0v) is 16.2. The van der Waals surface area contributed by atoms with Crippen LogP contribution in [0.2, 0.25) is 0 Å². The van der Waals surface area contributed by atoms with Crippen molar-refractivity contribution in [1.29, 1.82) is 0 Å². The van der Waals surface area contributed by atoms with Crippen LogP contribution < -0.4 is 10.9 Å². The standard InChI is InChI=1S/C21H15F2N7O/c1-11(28-19-17-18(25-9-24-17)26-10-27-19)20-29-16-6-5-13(23)8-15(16)21(31)30(20)14-4-2-3-12(22)7-14/h2-11H,1H3,(H2,24,25,26,27,28)/t11-/m0/s1. The Morgan fingerprint density at radius 3 is 2.74 bits per heavy atom. The van der Waals surface area contributed by atoms with E-state index >= 15 is 0 Å². The molecular formula is C21H15F2N7O. The maximum absolute atomic E-state index is 13.9. The number of aromatic amines is 1. The molecule has 2 N–H and O–H groups in total. The summed E-state index contributed by atoms with van der Waals surface area (Å²) in [6.07, 6.45) is 2.87. The van der Waals surface area contributed by atoms with Crippen LogP contribution in [0.15, 0.2) is 59.9 Å². The SMILES string of the molecule is C[C@H](Nc1ncnc2nc[nH]c12)c1nc2ccc(F)cc2c(=O)n1-c1cccc(F)c1. The molecule has 0 radical (unpaired) electrons. The molecule has 31 heavy (non-hydrogen) atoms. The zero-order chi connectivity index (χ0) is 21.5. The summed E-state index contributed by atoms with van der Waals surface area (Å²) in [6.45, 7) is 1.79. The number of imidazole rings is 1. The van der Waals surface area contributed by atoms with Crippen molar-refractivity contribution in [3.8, 4) is 5.69 Å². The summed E-state index contributed by atoms with van der Waals surface area (Å²) >= 11 is 0. The van der Waals surface area contributed by atoms with E-state index in [-0.39, 0.29) is 11.1 Å². The quantitative estimate of drug-likeness (QED) is 0.462. The number of aromatic nitrogens is 6. The molecule has 0 aliphatic heterocycles. The molecule has 1 atom stereocenters. The van der Waals surface area contributed by atoms with E-state index in [1.54, 1.807) is 13.0 Å². The van der Waals surface area contributed by atoms with Crippen molar-refractivity contribution in [3.05, 3.63) is 82.9 Å². The van der Waals surface area contributed by atoms with Crippen molar-refractivity contribution in [2.75, 3.05) is 5.32 Å². The van der Waals surface area contributed by atoms with Crippen LogP contribution in [0.4, 0.5) is 14.6 Å². The van der Waals surface area contributed by atoms with Gasteiger partial charge in [0.2, 0.25) is 0 Å². The lowest BCUT2D eigenvalue weighted by atomic mass is 10.2. The first-order valence-electron chi connectivity index (χ1n) is 9.40. The van der Waals surface area contributed by atoms with Gasteiger partial charge in [-0.2, -0.15) is 0 Å². The van der Waals surface area contributed by atoms with Crippen molar-refractivity contribution in [1.82, 2.24) is 29.5 Å². The van der Waals surface area contributed by atoms with Gasteiger partial charge in [-0.05, 0) is 43.3 Å². The molecule has 3 aromatic heterocycles. The summed E-state index contributed by atoms with van der Waals surface area (Å²) < 4.78 is 29.0. The average molecular weight is 419 g/mol. The van der Waals surface area contributed by atoms with Crippen molar-refractivity contribution in [2.24, 2.45) is 0 Å². The van der Waals surface area contributed by atoms with Crippen LogP contribution in [-0.4, -0.2) is 29.5 Å². The predicted molar refractivity (Wildman–Crippen MR) is 111 cm³/mol. The van der Waals surface area contributed by atoms with Gasteiger partial charge in [0.15, 0.2) is 11.5 Å². The molecule has 10 heteroatoms. The van der Waals surface area contributed by atoms with Crippen LogP contribution >= 0.6 is 0 Å². The number of benzene rings is 2. The number of nitrogens with zero attached hydrogens (tertiary/aromatic N) is 5. The molecule has 0 fully saturated rings. The van der Waals surface area contributed by atoms with Crippen LogP contribution in [0.1, 0.15) is 18.8 Å². The van der Waals surface area contributed by atoms with Crippen molar-refractivity contribution in [2.45, 2.75) is 13.0 Å². The Kier molecular flexibility index (Phi) is 4.39. The lowest BCUT2D eigenvalue weighted by Gasteiger charge is -2.20. The van der Waals surface area contributed by atoms with Gasteiger partial charge in [-0.3, -0.25) is 9.36 Å². The van der Waals surface area contributed by atoms with Gasteiger partial charge in [0.1, 0.15) is 29.3 Å². The van der Waals surface area contributed by atoms with Gasteiger partial charge >= 0.3 is 0 Å². The number of nitrogens with one attached hydrogen (secondary N) is 2. The highest BCUT2D eigenvalue weighted by atomic mass is 19.1. The average Bonchev–Trinajstić information content (AvgIpc) is 3.24. The normalized spacial score (nSPS) is 12.4. The van der Waals surface area contributed by atoms with Crippen molar-refractivity contribution >= 4 is 27.9 Å². The number of anilines is 1. The Morgan fingerprint density at radius 1 is 1.06 bits per heavy atom. The third-order valence-electron chi connectivity index (χ3n) is 4.89. The van der Waals surface area contributed by atoms with Gasteiger partial charge in [0.05, 0.1) is 29.0 Å². The molecule has 3 heterocycles. The molecule has 0 aliphatic carbocycles. The zero-order valence-electron chi connectivity index (χ0n) is 16.2. The van der Waals surface area contributed by atoms with Gasteiger partial charge < -0.3 is 10.3 Å². The van der Waals surface area contributed by atoms with E-state index < -0.39 is 23.2 Å². The lowest BCUT2D eigenvalue weighted by Crippen LogP contribution is -2.27. The minimum atomic E-state index is -0.557. The second kappa shape index (κ2) is 7.24. The Bertz CT molecular complexity index is 1490. The van der Waals surface area contributed by atoms with Crippen LogP contribution in [0.5, 0.6) is 0 Å². The molecule has 0 bridgehead atoms. The topological polar surface area (TPSA) is 101 Å². The van der Waals surface area contributed by atoms with Gasteiger partial charge in [0, 0.05) is 0 Å². The van der Waals surface area contributed by atoms with Gasteiger partial charge in [-0.25, -0.2) is 28.7 Å². The maximum Gasteiger partial charge on any atom is 0.266 e. The first-order chi connectivity index (χ1) is 15.0. The molecule has 0 spiro atoms. The van der Waals surface area contributed by atoms with E-state index in [1.807, 2.05) is 0 Å². The summed E-state index contributed by atoms with van der Waals surface area (Å²) in [5.74, 6) is -0.292. The van der Waals surface area contributed by atoms with Crippen LogP contribution in [0, 0.1) is 11.6 Å². The fourth-order valence-corrected chi connectivity index (χ4v) is 3.47. The van der Waals surface area contributed by atoms with E-state index in [0.29, 0.717) is 28.3 Å². The first-order valence-corrected chi connectivity index (χ1v) is 9.40. The number of rotatable bonds is 4. The molecule has 8 nitrogen and oxygen atoms in total. The van der Waals surface area contributed by atoms with Crippen LogP contribution in [-0.2, 0) is 0 Å². The predicted octanol–water partition coefficient (Wildman–Crippen LogP) is 3.50. The number of hydrogen-bond acceptors (Lipinski definition) is 6. The summed E-state index contributed by atoms with van der Waals surface area (Å²) in [5, 5.41) is 3.30. The highest BCUT2D eigenvalue weighted by Gasteiger charge is 2.20. The fourth-order valence-electron chi connectivity index (χ4n) is 3.47. The molecule has 0 aliphatic rings. The molecule has 154 valence electrons. The minimum Gasteiger partial charge on any atom is -0.358 e. The Morgan fingerprint density at radius 2 is 1.90 bits per heavy atom. The Hall–Kier alpha value is -4.21. The van der Waals surface area contributed by atoms with E-state index in [9.17, 15) is 13.6 Å². The Balaban J connectivity index is 1.71. The summed E-state index contributed by atoms with van der Waals surface area (Å²) in [7, 11) is 0.